The molecule has 1 aromatic carbocycles. The molecule has 1 fully saturated rings. The van der Waals surface area contributed by atoms with E-state index in [1.807, 2.05) is 0 Å². The number of fused-ring (bicyclic) bond motifs is 3. The minimum absolute atomic E-state index is 0.00844. The smallest absolute Gasteiger partial charge is 0.258 e. The van der Waals surface area contributed by atoms with Crippen molar-refractivity contribution in [2.24, 2.45) is 11.8 Å². The largest absolute Gasteiger partial charge is 0.508 e. The Labute approximate surface area is 238 Å². The maximum atomic E-state index is 14.1. The molecule has 12 heteroatoms. The van der Waals surface area contributed by atoms with Crippen molar-refractivity contribution in [3.8, 4) is 5.75 Å². The fourth-order valence-corrected chi connectivity index (χ4v) is 6.64. The van der Waals surface area contributed by atoms with E-state index in [-0.39, 0.29) is 29.5 Å². The summed E-state index contributed by atoms with van der Waals surface area (Å²) >= 11 is 0. The quantitative estimate of drug-likeness (QED) is 0.308. The minimum Gasteiger partial charge on any atom is -0.508 e. The first-order valence-corrected chi connectivity index (χ1v) is 13.6. The summed E-state index contributed by atoms with van der Waals surface area (Å²) < 4.78 is 0. The molecule has 4 atom stereocenters. The molecule has 0 unspecified atom stereocenters. The molecule has 3 aliphatic carbocycles. The molecule has 0 saturated heterocycles. The lowest BCUT2D eigenvalue weighted by molar-refractivity contribution is -0.153. The van der Waals surface area contributed by atoms with E-state index in [1.54, 1.807) is 53.0 Å². The van der Waals surface area contributed by atoms with Crippen LogP contribution in [0.4, 0.5) is 5.69 Å². The molecule has 4 rings (SSSR count). The van der Waals surface area contributed by atoms with Crippen LogP contribution in [0.2, 0.25) is 0 Å². The third-order valence-corrected chi connectivity index (χ3v) is 8.67. The van der Waals surface area contributed by atoms with Gasteiger partial charge in [-0.25, -0.2) is 0 Å². The summed E-state index contributed by atoms with van der Waals surface area (Å²) in [6.45, 7) is 4.37. The van der Waals surface area contributed by atoms with Crippen LogP contribution in [0.25, 0.3) is 5.76 Å². The third-order valence-electron chi connectivity index (χ3n) is 8.67. The van der Waals surface area contributed by atoms with Crippen LogP contribution in [0.1, 0.15) is 41.8 Å². The molecule has 222 valence electrons. The van der Waals surface area contributed by atoms with Crippen molar-refractivity contribution < 1.29 is 39.6 Å². The van der Waals surface area contributed by atoms with E-state index >= 15 is 0 Å². The third kappa shape index (κ3) is 4.19. The van der Waals surface area contributed by atoms with Gasteiger partial charge >= 0.3 is 0 Å². The lowest BCUT2D eigenvalue weighted by Crippen LogP contribution is -2.65. The summed E-state index contributed by atoms with van der Waals surface area (Å²) in [4.78, 5) is 58.2. The maximum Gasteiger partial charge on any atom is 0.258 e. The van der Waals surface area contributed by atoms with Gasteiger partial charge in [0, 0.05) is 51.4 Å². The first-order valence-electron chi connectivity index (χ1n) is 13.6. The number of amides is 2. The summed E-state index contributed by atoms with van der Waals surface area (Å²) in [6, 6.07) is 0.443. The van der Waals surface area contributed by atoms with Crippen LogP contribution in [0.15, 0.2) is 23.0 Å². The first-order chi connectivity index (χ1) is 19.2. The Kier molecular flexibility index (Phi) is 7.70. The number of nitrogens with one attached hydrogen (secondary N) is 1. The van der Waals surface area contributed by atoms with Crippen molar-refractivity contribution >= 4 is 34.8 Å². The highest BCUT2D eigenvalue weighted by Crippen LogP contribution is 2.54. The zero-order chi connectivity index (χ0) is 30.7. The molecule has 41 heavy (non-hydrogen) atoms. The average Bonchev–Trinajstić information content (AvgIpc) is 2.90. The van der Waals surface area contributed by atoms with E-state index in [1.165, 1.54) is 16.8 Å². The number of phenolic OH excluding ortho intramolecular Hbond substituents is 1. The maximum absolute atomic E-state index is 14.1. The van der Waals surface area contributed by atoms with E-state index in [9.17, 15) is 39.6 Å². The van der Waals surface area contributed by atoms with Gasteiger partial charge in [0.25, 0.3) is 11.8 Å². The number of benzene rings is 1. The topological polar surface area (TPSA) is 171 Å². The van der Waals surface area contributed by atoms with E-state index < -0.39 is 69.7 Å². The molecular weight excluding hydrogens is 532 g/mol. The number of aromatic hydroxyl groups is 1. The summed E-state index contributed by atoms with van der Waals surface area (Å²) in [7, 11) is 7.92. The molecule has 3 aliphatic rings. The minimum atomic E-state index is -2.68. The van der Waals surface area contributed by atoms with Crippen LogP contribution < -0.4 is 10.2 Å². The molecule has 1 aromatic rings. The summed E-state index contributed by atoms with van der Waals surface area (Å²) in [6.07, 6.45) is 0.156. The monoisotopic (exact) mass is 570 g/mol. The lowest BCUT2D eigenvalue weighted by atomic mass is 9.57. The Morgan fingerprint density at radius 3 is 2.20 bits per heavy atom. The normalized spacial score (nSPS) is 25.5. The van der Waals surface area contributed by atoms with Gasteiger partial charge in [0.05, 0.1) is 17.2 Å². The summed E-state index contributed by atoms with van der Waals surface area (Å²) in [5.41, 5.74) is -2.74. The van der Waals surface area contributed by atoms with E-state index in [4.69, 9.17) is 0 Å². The zero-order valence-electron chi connectivity index (χ0n) is 24.4. The zero-order valence-corrected chi connectivity index (χ0v) is 24.4. The van der Waals surface area contributed by atoms with Crippen molar-refractivity contribution in [1.82, 2.24) is 15.1 Å². The highest BCUT2D eigenvalue weighted by molar-refractivity contribution is 6.25. The fourth-order valence-electron chi connectivity index (χ4n) is 6.64. The van der Waals surface area contributed by atoms with Gasteiger partial charge in [-0.1, -0.05) is 0 Å². The predicted molar refractivity (Wildman–Crippen MR) is 151 cm³/mol. The number of rotatable bonds is 6. The second-order valence-corrected chi connectivity index (χ2v) is 11.2. The molecule has 5 N–H and O–H groups in total. The number of anilines is 1. The van der Waals surface area contributed by atoms with Crippen LogP contribution in [-0.4, -0.2) is 114 Å². The van der Waals surface area contributed by atoms with Crippen molar-refractivity contribution in [2.45, 2.75) is 38.3 Å². The number of likely N-dealkylation sites (N-methyl/N-ethyl adjacent to an activating group) is 2. The second-order valence-electron chi connectivity index (χ2n) is 11.2. The van der Waals surface area contributed by atoms with Gasteiger partial charge in [0.15, 0.2) is 11.4 Å². The molecule has 0 heterocycles. The highest BCUT2D eigenvalue weighted by Gasteiger charge is 2.64. The average molecular weight is 571 g/mol. The molecule has 0 radical (unpaired) electrons. The molecule has 2 amide bonds. The number of carbonyl (C=O) groups is 4. The molecular formula is C29H38N4O8. The number of phenols is 1. The van der Waals surface area contributed by atoms with E-state index in [0.717, 1.165) is 0 Å². The van der Waals surface area contributed by atoms with Crippen molar-refractivity contribution in [3.63, 3.8) is 0 Å². The fraction of sp³-hybridized carbons (Fsp3) is 0.517. The van der Waals surface area contributed by atoms with Crippen LogP contribution in [-0.2, 0) is 20.8 Å². The second kappa shape index (κ2) is 10.5. The number of aliphatic hydroxyl groups excluding tert-OH is 2. The van der Waals surface area contributed by atoms with Crippen molar-refractivity contribution in [3.05, 3.63) is 39.7 Å². The number of hydrogen-bond donors (Lipinski definition) is 5. The van der Waals surface area contributed by atoms with Gasteiger partial charge in [0.2, 0.25) is 5.78 Å². The Morgan fingerprint density at radius 2 is 1.68 bits per heavy atom. The van der Waals surface area contributed by atoms with Crippen LogP contribution in [0.3, 0.4) is 0 Å². The van der Waals surface area contributed by atoms with Crippen LogP contribution >= 0.6 is 0 Å². The molecule has 0 spiro atoms. The van der Waals surface area contributed by atoms with Gasteiger partial charge in [-0.05, 0) is 58.3 Å². The van der Waals surface area contributed by atoms with Gasteiger partial charge in [-0.3, -0.25) is 24.1 Å². The molecule has 0 bridgehead atoms. The standard InChI is InChI=1S/C29H38N4O8/c1-8-33(9-2)28(40)15-12-17(31(4)5)14-10-13-11-16-21(32(6)7)24(36)20(27(39)30-3)26(38)29(16,41)25(37)18(13)23(35)19(14)22(15)34/h12-13,16,21,34-35,38,41H,8-11H2,1-7H3,(H,30,39)/t13-,16-,21-,29-/m0/s1. The molecule has 0 aliphatic heterocycles. The lowest BCUT2D eigenvalue weighted by Gasteiger charge is -2.50. The number of hydrogen-bond acceptors (Lipinski definition) is 10. The van der Waals surface area contributed by atoms with Crippen LogP contribution in [0.5, 0.6) is 5.75 Å². The Morgan fingerprint density at radius 1 is 1.07 bits per heavy atom. The Balaban J connectivity index is 2.00. The SMILES string of the molecule is CCN(CC)C(=O)c1cc(N(C)C)c2c(c1O)C(O)=C1C(=O)[C@]3(O)C(O)=C(C(=O)NC)C(=O)[C@@H](N(C)C)[C@@H]3C[C@@H]1C2. The van der Waals surface area contributed by atoms with Gasteiger partial charge in [-0.15, -0.1) is 0 Å². The molecule has 1 saturated carbocycles. The number of Topliss-reactive ketones (excluding diaryl/α,β-unsaturated/α-hetero) is 2. The number of carbonyl (C=O) groups excluding carboxylic acids is 4. The highest BCUT2D eigenvalue weighted by atomic mass is 16.3. The van der Waals surface area contributed by atoms with Crippen LogP contribution in [0, 0.1) is 11.8 Å². The van der Waals surface area contributed by atoms with Crippen molar-refractivity contribution in [1.29, 1.82) is 0 Å². The van der Waals surface area contributed by atoms with Gasteiger partial charge < -0.3 is 35.5 Å². The Hall–Kier alpha value is -3.90. The molecule has 0 aromatic heterocycles. The molecule has 12 nitrogen and oxygen atoms in total. The Bertz CT molecular complexity index is 1410. The van der Waals surface area contributed by atoms with Gasteiger partial charge in [0.1, 0.15) is 22.8 Å². The number of ketones is 2. The van der Waals surface area contributed by atoms with E-state index in [0.29, 0.717) is 24.3 Å². The van der Waals surface area contributed by atoms with E-state index in [2.05, 4.69) is 5.32 Å². The number of aliphatic hydroxyl groups is 3. The number of nitrogens with zero attached hydrogens (tertiary/aromatic N) is 3. The summed E-state index contributed by atoms with van der Waals surface area (Å²) in [5.74, 6) is -7.20. The van der Waals surface area contributed by atoms with Gasteiger partial charge in [-0.2, -0.15) is 0 Å². The van der Waals surface area contributed by atoms with Crippen molar-refractivity contribution in [2.75, 3.05) is 53.2 Å². The summed E-state index contributed by atoms with van der Waals surface area (Å²) in [5, 5.41) is 48.2. The predicted octanol–water partition coefficient (Wildman–Crippen LogP) is 0.773. The first kappa shape index (κ1) is 30.1.